The number of hydrogen-bond donors (Lipinski definition) is 0. The van der Waals surface area contributed by atoms with Gasteiger partial charge in [0.2, 0.25) is 0 Å². The molecule has 0 amide bonds. The van der Waals surface area contributed by atoms with Crippen LogP contribution in [0.3, 0.4) is 0 Å². The predicted octanol–water partition coefficient (Wildman–Crippen LogP) is 3.32. The molecule has 0 unspecified atom stereocenters. The van der Waals surface area contributed by atoms with E-state index in [9.17, 15) is 4.79 Å². The average Bonchev–Trinajstić information content (AvgIpc) is 3.06. The van der Waals surface area contributed by atoms with Crippen molar-refractivity contribution >= 4 is 17.1 Å². The van der Waals surface area contributed by atoms with Gasteiger partial charge in [0.15, 0.2) is 11.4 Å². The Morgan fingerprint density at radius 2 is 1.79 bits per heavy atom. The van der Waals surface area contributed by atoms with Crippen molar-refractivity contribution in [1.82, 2.24) is 14.6 Å². The molecule has 0 aliphatic carbocycles. The molecule has 1 fully saturated rings. The van der Waals surface area contributed by atoms with E-state index in [2.05, 4.69) is 19.5 Å². The summed E-state index contributed by atoms with van der Waals surface area (Å²) in [6, 6.07) is 13.9. The first-order valence-corrected chi connectivity index (χ1v) is 8.38. The molecule has 2 aromatic heterocycles. The molecule has 4 rings (SSSR count). The molecule has 24 heavy (non-hydrogen) atoms. The van der Waals surface area contributed by atoms with Crippen molar-refractivity contribution in [3.8, 4) is 0 Å². The topological polar surface area (TPSA) is 50.5 Å². The van der Waals surface area contributed by atoms with Gasteiger partial charge in [0.25, 0.3) is 0 Å². The van der Waals surface area contributed by atoms with E-state index in [4.69, 9.17) is 0 Å². The summed E-state index contributed by atoms with van der Waals surface area (Å²) in [5, 5.41) is 8.67. The highest BCUT2D eigenvalue weighted by Crippen LogP contribution is 2.29. The average molecular weight is 320 g/mol. The lowest BCUT2D eigenvalue weighted by Crippen LogP contribution is -2.33. The highest BCUT2D eigenvalue weighted by Gasteiger charge is 2.24. The van der Waals surface area contributed by atoms with Crippen LogP contribution in [0.4, 0.5) is 5.69 Å². The van der Waals surface area contributed by atoms with Gasteiger partial charge in [0.05, 0.1) is 0 Å². The zero-order chi connectivity index (χ0) is 16.5. The van der Waals surface area contributed by atoms with Crippen LogP contribution in [0.2, 0.25) is 0 Å². The lowest BCUT2D eigenvalue weighted by molar-refractivity contribution is 0.101. The number of Topliss-reactive ketones (excluding diaryl/α,β-unsaturated/α-hetero) is 1. The van der Waals surface area contributed by atoms with Gasteiger partial charge in [-0.05, 0) is 56.2 Å². The Kier molecular flexibility index (Phi) is 3.76. The Bertz CT molecular complexity index is 860. The fraction of sp³-hybridized carbons (Fsp3) is 0.316. The largest absolute Gasteiger partial charge is 0.371 e. The Balaban J connectivity index is 1.47. The summed E-state index contributed by atoms with van der Waals surface area (Å²) in [6.45, 7) is 3.58. The number of rotatable bonds is 3. The van der Waals surface area contributed by atoms with E-state index in [1.54, 1.807) is 6.92 Å². The maximum Gasteiger partial charge on any atom is 0.160 e. The predicted molar refractivity (Wildman–Crippen MR) is 93.6 cm³/mol. The molecule has 3 heterocycles. The van der Waals surface area contributed by atoms with E-state index in [0.29, 0.717) is 5.92 Å². The minimum atomic E-state index is 0.110. The molecule has 3 aromatic rings. The molecule has 0 radical (unpaired) electrons. The van der Waals surface area contributed by atoms with Crippen molar-refractivity contribution in [3.05, 3.63) is 60.0 Å². The van der Waals surface area contributed by atoms with Crippen LogP contribution < -0.4 is 4.90 Å². The first-order valence-electron chi connectivity index (χ1n) is 8.38. The number of nitrogens with zero attached hydrogens (tertiary/aromatic N) is 4. The smallest absolute Gasteiger partial charge is 0.160 e. The third-order valence-electron chi connectivity index (χ3n) is 4.84. The Morgan fingerprint density at radius 1 is 1.04 bits per heavy atom. The number of carbonyl (C=O) groups is 1. The second kappa shape index (κ2) is 6.07. The van der Waals surface area contributed by atoms with Crippen LogP contribution in [-0.2, 0) is 0 Å². The van der Waals surface area contributed by atoms with E-state index in [1.807, 2.05) is 48.7 Å². The monoisotopic (exact) mass is 320 g/mol. The van der Waals surface area contributed by atoms with E-state index in [-0.39, 0.29) is 5.78 Å². The first-order chi connectivity index (χ1) is 11.7. The summed E-state index contributed by atoms with van der Waals surface area (Å²) in [6.07, 6.45) is 4.16. The van der Waals surface area contributed by atoms with Crippen molar-refractivity contribution < 1.29 is 4.79 Å². The second-order valence-corrected chi connectivity index (χ2v) is 6.35. The summed E-state index contributed by atoms with van der Waals surface area (Å²) in [5.74, 6) is 1.62. The number of ketones is 1. The fourth-order valence-electron chi connectivity index (χ4n) is 3.44. The van der Waals surface area contributed by atoms with Gasteiger partial charge >= 0.3 is 0 Å². The molecule has 1 aliphatic rings. The number of carbonyl (C=O) groups excluding carboxylic acids is 1. The Morgan fingerprint density at radius 3 is 2.50 bits per heavy atom. The summed E-state index contributed by atoms with van der Waals surface area (Å²) >= 11 is 0. The minimum absolute atomic E-state index is 0.110. The van der Waals surface area contributed by atoms with E-state index >= 15 is 0 Å². The Labute approximate surface area is 140 Å². The number of hydrogen-bond acceptors (Lipinski definition) is 4. The van der Waals surface area contributed by atoms with Crippen LogP contribution in [0.25, 0.3) is 5.65 Å². The van der Waals surface area contributed by atoms with Crippen molar-refractivity contribution in [1.29, 1.82) is 0 Å². The van der Waals surface area contributed by atoms with Gasteiger partial charge in [-0.25, -0.2) is 0 Å². The number of piperidine rings is 1. The first kappa shape index (κ1) is 14.9. The van der Waals surface area contributed by atoms with E-state index < -0.39 is 0 Å². The van der Waals surface area contributed by atoms with Crippen molar-refractivity contribution in [2.75, 3.05) is 18.0 Å². The van der Waals surface area contributed by atoms with E-state index in [0.717, 1.165) is 43.0 Å². The van der Waals surface area contributed by atoms with Gasteiger partial charge in [-0.15, -0.1) is 10.2 Å². The zero-order valence-corrected chi connectivity index (χ0v) is 13.7. The van der Waals surface area contributed by atoms with Crippen molar-refractivity contribution in [2.45, 2.75) is 25.7 Å². The van der Waals surface area contributed by atoms with Crippen molar-refractivity contribution in [3.63, 3.8) is 0 Å². The lowest BCUT2D eigenvalue weighted by atomic mass is 9.95. The standard InChI is InChI=1S/C19H20N4O/c1-14(24)15-5-7-17(8-6-15)22-12-9-16(10-13-22)19-21-20-18-4-2-3-11-23(18)19/h2-8,11,16H,9-10,12-13H2,1H3. The molecule has 0 saturated carbocycles. The highest BCUT2D eigenvalue weighted by molar-refractivity contribution is 5.94. The number of anilines is 1. The maximum atomic E-state index is 11.4. The molecule has 0 N–H and O–H groups in total. The van der Waals surface area contributed by atoms with Crippen molar-refractivity contribution in [2.24, 2.45) is 0 Å². The van der Waals surface area contributed by atoms with Gasteiger partial charge < -0.3 is 4.90 Å². The van der Waals surface area contributed by atoms with Crippen LogP contribution >= 0.6 is 0 Å². The maximum absolute atomic E-state index is 11.4. The van der Waals surface area contributed by atoms with Crippen LogP contribution in [0, 0.1) is 0 Å². The molecular formula is C19H20N4O. The number of fused-ring (bicyclic) bond motifs is 1. The number of aromatic nitrogens is 3. The third-order valence-corrected chi connectivity index (χ3v) is 4.84. The van der Waals surface area contributed by atoms with Gasteiger partial charge in [0.1, 0.15) is 5.82 Å². The summed E-state index contributed by atoms with van der Waals surface area (Å²) in [7, 11) is 0. The zero-order valence-electron chi connectivity index (χ0n) is 13.7. The van der Waals surface area contributed by atoms with E-state index in [1.165, 1.54) is 5.69 Å². The molecule has 5 heteroatoms. The van der Waals surface area contributed by atoms with Gasteiger partial charge in [0, 0.05) is 36.5 Å². The lowest BCUT2D eigenvalue weighted by Gasteiger charge is -2.33. The van der Waals surface area contributed by atoms with Gasteiger partial charge in [-0.3, -0.25) is 9.20 Å². The third kappa shape index (κ3) is 2.66. The molecule has 122 valence electrons. The quantitative estimate of drug-likeness (QED) is 0.695. The minimum Gasteiger partial charge on any atom is -0.371 e. The summed E-state index contributed by atoms with van der Waals surface area (Å²) in [4.78, 5) is 13.8. The molecule has 0 bridgehead atoms. The molecule has 0 atom stereocenters. The van der Waals surface area contributed by atoms with Crippen LogP contribution in [0.1, 0.15) is 41.9 Å². The van der Waals surface area contributed by atoms with Gasteiger partial charge in [-0.1, -0.05) is 6.07 Å². The molecule has 1 aliphatic heterocycles. The second-order valence-electron chi connectivity index (χ2n) is 6.35. The van der Waals surface area contributed by atoms with Crippen LogP contribution in [0.5, 0.6) is 0 Å². The molecule has 0 spiro atoms. The molecule has 1 aromatic carbocycles. The number of pyridine rings is 1. The number of benzene rings is 1. The molecule has 5 nitrogen and oxygen atoms in total. The normalized spacial score (nSPS) is 15.8. The fourth-order valence-corrected chi connectivity index (χ4v) is 3.44. The Hall–Kier alpha value is -2.69. The summed E-state index contributed by atoms with van der Waals surface area (Å²) < 4.78 is 2.10. The van der Waals surface area contributed by atoms with Crippen LogP contribution in [-0.4, -0.2) is 33.5 Å². The van der Waals surface area contributed by atoms with Gasteiger partial charge in [-0.2, -0.15) is 0 Å². The molecular weight excluding hydrogens is 300 g/mol. The SMILES string of the molecule is CC(=O)c1ccc(N2CCC(c3nnc4ccccn34)CC2)cc1. The van der Waals surface area contributed by atoms with Crippen LogP contribution in [0.15, 0.2) is 48.7 Å². The molecule has 1 saturated heterocycles. The highest BCUT2D eigenvalue weighted by atomic mass is 16.1. The summed E-state index contributed by atoms with van der Waals surface area (Å²) in [5.41, 5.74) is 2.86.